The van der Waals surface area contributed by atoms with Gasteiger partial charge in [-0.05, 0) is 0 Å². The molecule has 1 atom stereocenters. The summed E-state index contributed by atoms with van der Waals surface area (Å²) in [6.07, 6.45) is -1.53. The lowest BCUT2D eigenvalue weighted by Gasteiger charge is -1.96. The standard InChI is InChI=1S/C5H6O4/c1-3(4-2-8-4)9-5(6)7/h4H,1-2H2,(H,6,7). The quantitative estimate of drug-likeness (QED) is 0.337. The minimum Gasteiger partial charge on any atom is -0.449 e. The van der Waals surface area contributed by atoms with E-state index in [1.54, 1.807) is 0 Å². The van der Waals surface area contributed by atoms with Crippen LogP contribution in [-0.2, 0) is 9.47 Å². The number of ether oxygens (including phenoxy) is 2. The van der Waals surface area contributed by atoms with Gasteiger partial charge in [-0.1, -0.05) is 6.58 Å². The predicted molar refractivity (Wildman–Crippen MR) is 28.0 cm³/mol. The van der Waals surface area contributed by atoms with Crippen molar-refractivity contribution in [1.82, 2.24) is 0 Å². The molecule has 0 radical (unpaired) electrons. The molecule has 0 bridgehead atoms. The van der Waals surface area contributed by atoms with Crippen LogP contribution in [0.2, 0.25) is 0 Å². The summed E-state index contributed by atoms with van der Waals surface area (Å²) < 4.78 is 8.85. The maximum atomic E-state index is 9.80. The molecule has 1 rings (SSSR count). The summed E-state index contributed by atoms with van der Waals surface area (Å²) in [6.45, 7) is 3.85. The van der Waals surface area contributed by atoms with E-state index in [1.165, 1.54) is 0 Å². The third-order valence-electron chi connectivity index (χ3n) is 0.911. The van der Waals surface area contributed by atoms with Crippen molar-refractivity contribution in [3.8, 4) is 0 Å². The summed E-state index contributed by atoms with van der Waals surface area (Å²) in [5.41, 5.74) is 0. The average Bonchev–Trinajstić information content (AvgIpc) is 2.40. The van der Waals surface area contributed by atoms with E-state index in [4.69, 9.17) is 5.11 Å². The third-order valence-corrected chi connectivity index (χ3v) is 0.911. The second-order valence-electron chi connectivity index (χ2n) is 1.66. The van der Waals surface area contributed by atoms with Crippen LogP contribution in [0.25, 0.3) is 0 Å². The highest BCUT2D eigenvalue weighted by Crippen LogP contribution is 2.18. The van der Waals surface area contributed by atoms with Gasteiger partial charge in [-0.3, -0.25) is 0 Å². The van der Waals surface area contributed by atoms with Gasteiger partial charge in [0.2, 0.25) is 0 Å². The molecule has 0 aromatic heterocycles. The fraction of sp³-hybridized carbons (Fsp3) is 0.400. The number of hydrogen-bond acceptors (Lipinski definition) is 3. The van der Waals surface area contributed by atoms with Crippen molar-refractivity contribution in [2.75, 3.05) is 6.61 Å². The summed E-state index contributed by atoms with van der Waals surface area (Å²) in [7, 11) is 0. The minimum atomic E-state index is -1.34. The van der Waals surface area contributed by atoms with Gasteiger partial charge in [-0.25, -0.2) is 4.79 Å². The van der Waals surface area contributed by atoms with Crippen LogP contribution in [0.1, 0.15) is 0 Å². The fourth-order valence-corrected chi connectivity index (χ4v) is 0.412. The summed E-state index contributed by atoms with van der Waals surface area (Å²) >= 11 is 0. The van der Waals surface area contributed by atoms with E-state index in [9.17, 15) is 4.79 Å². The van der Waals surface area contributed by atoms with Gasteiger partial charge in [0.05, 0.1) is 6.61 Å². The van der Waals surface area contributed by atoms with Crippen LogP contribution >= 0.6 is 0 Å². The Hall–Kier alpha value is -1.03. The zero-order chi connectivity index (χ0) is 6.85. The lowest BCUT2D eigenvalue weighted by molar-refractivity contribution is 0.113. The van der Waals surface area contributed by atoms with Gasteiger partial charge >= 0.3 is 6.16 Å². The molecular weight excluding hydrogens is 124 g/mol. The van der Waals surface area contributed by atoms with E-state index in [2.05, 4.69) is 16.1 Å². The number of carbonyl (C=O) groups is 1. The molecule has 1 fully saturated rings. The Morgan fingerprint density at radius 1 is 1.89 bits per heavy atom. The molecule has 0 aromatic carbocycles. The van der Waals surface area contributed by atoms with Crippen LogP contribution in [0.4, 0.5) is 4.79 Å². The molecule has 4 nitrogen and oxygen atoms in total. The lowest BCUT2D eigenvalue weighted by atomic mass is 10.4. The van der Waals surface area contributed by atoms with Crippen LogP contribution in [0.5, 0.6) is 0 Å². The van der Waals surface area contributed by atoms with Crippen molar-refractivity contribution in [2.24, 2.45) is 0 Å². The van der Waals surface area contributed by atoms with Crippen molar-refractivity contribution < 1.29 is 19.4 Å². The van der Waals surface area contributed by atoms with Crippen molar-refractivity contribution in [3.05, 3.63) is 12.3 Å². The fourth-order valence-electron chi connectivity index (χ4n) is 0.412. The molecule has 0 aromatic rings. The molecule has 9 heavy (non-hydrogen) atoms. The lowest BCUT2D eigenvalue weighted by Crippen LogP contribution is -2.03. The SMILES string of the molecule is C=C(OC(=O)O)C1CO1. The topological polar surface area (TPSA) is 59.1 Å². The van der Waals surface area contributed by atoms with Crippen LogP contribution in [0.3, 0.4) is 0 Å². The zero-order valence-corrected chi connectivity index (χ0v) is 4.66. The molecular formula is C5H6O4. The first kappa shape index (κ1) is 6.10. The Labute approximate surface area is 51.7 Å². The van der Waals surface area contributed by atoms with Gasteiger partial charge in [0, 0.05) is 0 Å². The maximum absolute atomic E-state index is 9.80. The van der Waals surface area contributed by atoms with Crippen LogP contribution < -0.4 is 0 Å². The summed E-state index contributed by atoms with van der Waals surface area (Å²) in [6, 6.07) is 0. The monoisotopic (exact) mass is 130 g/mol. The molecule has 1 aliphatic heterocycles. The first-order valence-corrected chi connectivity index (χ1v) is 2.41. The molecule has 50 valence electrons. The first-order valence-electron chi connectivity index (χ1n) is 2.41. The van der Waals surface area contributed by atoms with Crippen molar-refractivity contribution in [3.63, 3.8) is 0 Å². The normalized spacial score (nSPS) is 22.9. The predicted octanol–water partition coefficient (Wildman–Crippen LogP) is 0.593. The largest absolute Gasteiger partial charge is 0.511 e. The van der Waals surface area contributed by atoms with Crippen LogP contribution in [0, 0.1) is 0 Å². The zero-order valence-electron chi connectivity index (χ0n) is 4.66. The second-order valence-corrected chi connectivity index (χ2v) is 1.66. The number of rotatable bonds is 2. The number of carboxylic acid groups (broad SMARTS) is 1. The number of hydrogen-bond donors (Lipinski definition) is 1. The van der Waals surface area contributed by atoms with E-state index >= 15 is 0 Å². The molecule has 0 spiro atoms. The third kappa shape index (κ3) is 1.73. The average molecular weight is 130 g/mol. The summed E-state index contributed by atoms with van der Waals surface area (Å²) in [5, 5.41) is 8.02. The Balaban J connectivity index is 2.26. The van der Waals surface area contributed by atoms with Gasteiger partial charge in [-0.2, -0.15) is 0 Å². The molecule has 0 aliphatic carbocycles. The molecule has 1 aliphatic rings. The van der Waals surface area contributed by atoms with Crippen molar-refractivity contribution in [2.45, 2.75) is 6.10 Å². The Kier molecular flexibility index (Phi) is 1.40. The first-order chi connectivity index (χ1) is 4.20. The summed E-state index contributed by atoms with van der Waals surface area (Å²) in [4.78, 5) is 9.80. The highest BCUT2D eigenvalue weighted by Gasteiger charge is 2.28. The Morgan fingerprint density at radius 2 is 2.44 bits per heavy atom. The summed E-state index contributed by atoms with van der Waals surface area (Å²) in [5.74, 6) is 0.169. The second kappa shape index (κ2) is 2.06. The van der Waals surface area contributed by atoms with E-state index < -0.39 is 6.16 Å². The molecule has 1 unspecified atom stereocenters. The molecule has 1 saturated heterocycles. The van der Waals surface area contributed by atoms with E-state index in [0.29, 0.717) is 6.61 Å². The highest BCUT2D eigenvalue weighted by molar-refractivity contribution is 5.58. The van der Waals surface area contributed by atoms with Crippen LogP contribution in [-0.4, -0.2) is 24.0 Å². The highest BCUT2D eigenvalue weighted by atomic mass is 16.7. The van der Waals surface area contributed by atoms with Crippen molar-refractivity contribution in [1.29, 1.82) is 0 Å². The van der Waals surface area contributed by atoms with Gasteiger partial charge < -0.3 is 14.6 Å². The Morgan fingerprint density at radius 3 is 2.78 bits per heavy atom. The van der Waals surface area contributed by atoms with E-state index in [1.807, 2.05) is 0 Å². The molecule has 4 heteroatoms. The van der Waals surface area contributed by atoms with Crippen molar-refractivity contribution >= 4 is 6.16 Å². The van der Waals surface area contributed by atoms with Gasteiger partial charge in [0.15, 0.2) is 0 Å². The van der Waals surface area contributed by atoms with Gasteiger partial charge in [0.1, 0.15) is 11.9 Å². The van der Waals surface area contributed by atoms with E-state index in [0.717, 1.165) is 0 Å². The van der Waals surface area contributed by atoms with Gasteiger partial charge in [-0.15, -0.1) is 0 Å². The van der Waals surface area contributed by atoms with Gasteiger partial charge in [0.25, 0.3) is 0 Å². The van der Waals surface area contributed by atoms with Crippen LogP contribution in [0.15, 0.2) is 12.3 Å². The molecule has 1 heterocycles. The minimum absolute atomic E-state index is 0.169. The smallest absolute Gasteiger partial charge is 0.449 e. The number of epoxide rings is 1. The van der Waals surface area contributed by atoms with E-state index in [-0.39, 0.29) is 11.9 Å². The maximum Gasteiger partial charge on any atom is 0.511 e. The molecule has 1 N–H and O–H groups in total. The molecule has 0 saturated carbocycles. The Bertz CT molecular complexity index is 147. The molecule has 0 amide bonds.